The molecule has 0 saturated heterocycles. The SMILES string of the molecule is CCC(C)(Nc1c(Nc2ccc(Cl)c(S(=O)(=O)N(C)C)c2O)c(=O)c1=O)c1cccc(CN(C)S(=O)(=O)c2c(Cl)ccc(Nc3c(NC(C)(C)C4CCCC4)c(=O)c3=O)c2O)c1. The highest BCUT2D eigenvalue weighted by Crippen LogP contribution is 2.43. The molecule has 0 spiro atoms. The molecule has 16 nitrogen and oxygen atoms in total. The Kier molecular flexibility index (Phi) is 12.7. The molecule has 0 aliphatic heterocycles. The van der Waals surface area contributed by atoms with Gasteiger partial charge in [0.2, 0.25) is 20.0 Å². The van der Waals surface area contributed by atoms with Gasteiger partial charge in [-0.05, 0) is 81.3 Å². The second kappa shape index (κ2) is 17.0. The molecule has 6 rings (SSSR count). The van der Waals surface area contributed by atoms with Gasteiger partial charge in [-0.2, -0.15) is 4.31 Å². The van der Waals surface area contributed by atoms with Crippen LogP contribution in [0.25, 0.3) is 0 Å². The van der Waals surface area contributed by atoms with Crippen LogP contribution in [0.15, 0.2) is 77.5 Å². The van der Waals surface area contributed by atoms with Crippen LogP contribution in [0.2, 0.25) is 10.0 Å². The predicted octanol–water partition coefficient (Wildman–Crippen LogP) is 6.27. The van der Waals surface area contributed by atoms with Crippen molar-refractivity contribution < 1.29 is 27.0 Å². The number of sulfonamides is 2. The molecular weight excluding hydrogens is 884 g/mol. The van der Waals surface area contributed by atoms with E-state index in [-0.39, 0.29) is 56.6 Å². The summed E-state index contributed by atoms with van der Waals surface area (Å²) in [5, 5.41) is 33.6. The van der Waals surface area contributed by atoms with Crippen molar-refractivity contribution in [1.29, 1.82) is 0 Å². The molecule has 0 heterocycles. The Morgan fingerprint density at radius 3 is 1.65 bits per heavy atom. The van der Waals surface area contributed by atoms with Gasteiger partial charge in [0.1, 0.15) is 32.5 Å². The van der Waals surface area contributed by atoms with E-state index in [4.69, 9.17) is 23.2 Å². The molecule has 1 unspecified atom stereocenters. The predicted molar refractivity (Wildman–Crippen MR) is 242 cm³/mol. The summed E-state index contributed by atoms with van der Waals surface area (Å²) in [7, 11) is -4.92. The zero-order valence-corrected chi connectivity index (χ0v) is 38.2. The van der Waals surface area contributed by atoms with Gasteiger partial charge in [0.15, 0.2) is 11.5 Å². The van der Waals surface area contributed by atoms with E-state index in [1.807, 2.05) is 20.8 Å². The van der Waals surface area contributed by atoms with Gasteiger partial charge in [-0.3, -0.25) is 19.2 Å². The summed E-state index contributed by atoms with van der Waals surface area (Å²) in [5.41, 5.74) is -4.49. The summed E-state index contributed by atoms with van der Waals surface area (Å²) in [4.78, 5) is 50.0. The summed E-state index contributed by atoms with van der Waals surface area (Å²) >= 11 is 12.6. The summed E-state index contributed by atoms with van der Waals surface area (Å²) in [5.74, 6) is -1.23. The molecule has 62 heavy (non-hydrogen) atoms. The molecule has 0 bridgehead atoms. The van der Waals surface area contributed by atoms with Crippen molar-refractivity contribution in [1.82, 2.24) is 8.61 Å². The molecule has 1 fully saturated rings. The zero-order valence-electron chi connectivity index (χ0n) is 35.1. The molecule has 0 amide bonds. The highest BCUT2D eigenvalue weighted by Gasteiger charge is 2.37. The second-order valence-corrected chi connectivity index (χ2v) is 21.4. The molecule has 5 aromatic rings. The number of benzene rings is 3. The third-order valence-corrected chi connectivity index (χ3v) is 16.4. The molecule has 1 aliphatic carbocycles. The maximum atomic E-state index is 14.1. The molecule has 1 aliphatic rings. The van der Waals surface area contributed by atoms with Gasteiger partial charge in [-0.1, -0.05) is 67.2 Å². The van der Waals surface area contributed by atoms with Crippen molar-refractivity contribution in [3.05, 3.63) is 111 Å². The normalized spacial score (nSPS) is 15.1. The van der Waals surface area contributed by atoms with Crippen LogP contribution >= 0.6 is 23.2 Å². The highest BCUT2D eigenvalue weighted by atomic mass is 35.5. The Morgan fingerprint density at radius 2 is 1.16 bits per heavy atom. The van der Waals surface area contributed by atoms with Gasteiger partial charge in [0.25, 0.3) is 21.7 Å². The van der Waals surface area contributed by atoms with Gasteiger partial charge in [0.05, 0.1) is 27.0 Å². The Balaban J connectivity index is 1.23. The van der Waals surface area contributed by atoms with E-state index in [1.54, 1.807) is 31.2 Å². The van der Waals surface area contributed by atoms with Gasteiger partial charge in [-0.15, -0.1) is 0 Å². The van der Waals surface area contributed by atoms with E-state index in [0.29, 0.717) is 17.5 Å². The summed E-state index contributed by atoms with van der Waals surface area (Å²) in [6.45, 7) is 7.28. The number of aromatic hydroxyl groups is 2. The number of rotatable bonds is 17. The van der Waals surface area contributed by atoms with Crippen LogP contribution in [-0.4, -0.2) is 62.3 Å². The van der Waals surface area contributed by atoms with Crippen molar-refractivity contribution in [3.8, 4) is 11.5 Å². The molecule has 6 N–H and O–H groups in total. The van der Waals surface area contributed by atoms with E-state index in [0.717, 1.165) is 34.3 Å². The number of phenols is 2. The third-order valence-electron chi connectivity index (χ3n) is 11.8. The van der Waals surface area contributed by atoms with Crippen LogP contribution < -0.4 is 43.0 Å². The minimum Gasteiger partial charge on any atom is -0.504 e. The number of halogens is 2. The fourth-order valence-corrected chi connectivity index (χ4v) is 10.9. The van der Waals surface area contributed by atoms with E-state index < -0.39 is 74.1 Å². The Bertz CT molecular complexity index is 2950. The Hall–Kier alpha value is -4.98. The van der Waals surface area contributed by atoms with E-state index in [9.17, 15) is 46.2 Å². The number of hydrogen-bond donors (Lipinski definition) is 6. The van der Waals surface area contributed by atoms with E-state index >= 15 is 0 Å². The van der Waals surface area contributed by atoms with Crippen molar-refractivity contribution in [3.63, 3.8) is 0 Å². The molecule has 1 saturated carbocycles. The van der Waals surface area contributed by atoms with Gasteiger partial charge in [-0.25, -0.2) is 21.1 Å². The minimum atomic E-state index is -4.52. The molecule has 0 radical (unpaired) electrons. The van der Waals surface area contributed by atoms with Crippen LogP contribution in [0, 0.1) is 5.92 Å². The van der Waals surface area contributed by atoms with Crippen LogP contribution in [0.5, 0.6) is 11.5 Å². The molecule has 332 valence electrons. The lowest BCUT2D eigenvalue weighted by Crippen LogP contribution is -2.45. The maximum absolute atomic E-state index is 14.1. The lowest BCUT2D eigenvalue weighted by Gasteiger charge is -2.35. The van der Waals surface area contributed by atoms with Crippen molar-refractivity contribution >= 4 is 77.4 Å². The fourth-order valence-electron chi connectivity index (χ4n) is 7.72. The number of nitrogens with zero attached hydrogens (tertiary/aromatic N) is 2. The summed E-state index contributed by atoms with van der Waals surface area (Å²) < 4.78 is 55.8. The van der Waals surface area contributed by atoms with Crippen molar-refractivity contribution in [2.45, 2.75) is 87.2 Å². The average Bonchev–Trinajstić information content (AvgIpc) is 3.78. The van der Waals surface area contributed by atoms with Crippen LogP contribution in [0.4, 0.5) is 34.1 Å². The smallest absolute Gasteiger partial charge is 0.253 e. The summed E-state index contributed by atoms with van der Waals surface area (Å²) in [6.07, 6.45) is 4.43. The van der Waals surface area contributed by atoms with Gasteiger partial charge >= 0.3 is 0 Å². The van der Waals surface area contributed by atoms with Crippen LogP contribution in [0.1, 0.15) is 70.9 Å². The fraction of sp³-hybridized carbons (Fsp3) is 0.381. The average molecular weight is 932 g/mol. The topological polar surface area (TPSA) is 232 Å². The first kappa shape index (κ1) is 46.5. The monoisotopic (exact) mass is 930 g/mol. The molecule has 20 heteroatoms. The minimum absolute atomic E-state index is 0.0564. The Morgan fingerprint density at radius 1 is 0.694 bits per heavy atom. The van der Waals surface area contributed by atoms with Crippen LogP contribution in [-0.2, 0) is 32.1 Å². The summed E-state index contributed by atoms with van der Waals surface area (Å²) in [6, 6.07) is 11.9. The molecular formula is C42H48Cl2N6O10S2. The quantitative estimate of drug-likeness (QED) is 0.0446. The highest BCUT2D eigenvalue weighted by molar-refractivity contribution is 7.89. The van der Waals surface area contributed by atoms with E-state index in [2.05, 4.69) is 21.3 Å². The molecule has 0 aromatic heterocycles. The lowest BCUT2D eigenvalue weighted by atomic mass is 9.85. The van der Waals surface area contributed by atoms with E-state index in [1.165, 1.54) is 45.4 Å². The lowest BCUT2D eigenvalue weighted by molar-refractivity contribution is 0.356. The maximum Gasteiger partial charge on any atom is 0.253 e. The van der Waals surface area contributed by atoms with Gasteiger partial charge in [0, 0.05) is 33.2 Å². The third kappa shape index (κ3) is 8.31. The van der Waals surface area contributed by atoms with Gasteiger partial charge < -0.3 is 31.5 Å². The second-order valence-electron chi connectivity index (χ2n) is 16.5. The molecule has 1 atom stereocenters. The van der Waals surface area contributed by atoms with Crippen molar-refractivity contribution in [2.24, 2.45) is 5.92 Å². The first-order valence-electron chi connectivity index (χ1n) is 19.7. The first-order chi connectivity index (χ1) is 28.9. The molecule has 5 aromatic carbocycles. The van der Waals surface area contributed by atoms with Crippen molar-refractivity contribution in [2.75, 3.05) is 42.4 Å². The zero-order chi connectivity index (χ0) is 45.9. The number of anilines is 6. The first-order valence-corrected chi connectivity index (χ1v) is 23.3. The number of phenolic OH excluding ortho intramolecular Hbond substituents is 2. The largest absolute Gasteiger partial charge is 0.504 e. The Labute approximate surface area is 369 Å². The number of nitrogens with one attached hydrogen (secondary N) is 4. The standard InChI is InChI=1S/C42H48Cl2N6O10S2/c1-8-42(4,48-32-30(36(54)38(32)56)46-27-18-16-25(43)39(33(27)51)61(57,58)49(5)6)24-15-11-12-22(20-24)21-50(7)62(59,60)40-26(44)17-19-28(34(40)52)45-29-31(37(55)35(29)53)47-41(2,3)23-13-9-10-14-23/h11-12,15-20,23,45-48,51-52H,8-10,13-14,21H2,1-7H3. The number of hydrogen-bond acceptors (Lipinski definition) is 14. The van der Waals surface area contributed by atoms with Crippen LogP contribution in [0.3, 0.4) is 0 Å².